The highest BCUT2D eigenvalue weighted by Crippen LogP contribution is 2.27. The normalized spacial score (nSPS) is 21.6. The summed E-state index contributed by atoms with van der Waals surface area (Å²) in [7, 11) is -3.95. The molecule has 1 saturated carbocycles. The zero-order valence-electron chi connectivity index (χ0n) is 18.4. The van der Waals surface area contributed by atoms with Crippen LogP contribution >= 0.6 is 0 Å². The van der Waals surface area contributed by atoms with Gasteiger partial charge in [-0.1, -0.05) is 19.3 Å². The van der Waals surface area contributed by atoms with Gasteiger partial charge in [0.25, 0.3) is 5.91 Å². The van der Waals surface area contributed by atoms with Crippen LogP contribution in [0.15, 0.2) is 23.1 Å². The largest absolute Gasteiger partial charge is 0.349 e. The third-order valence-electron chi connectivity index (χ3n) is 6.97. The lowest BCUT2D eigenvalue weighted by molar-refractivity contribution is -0.137. The molecule has 0 spiro atoms. The van der Waals surface area contributed by atoms with Gasteiger partial charge in [0.15, 0.2) is 0 Å². The van der Waals surface area contributed by atoms with Crippen molar-refractivity contribution in [2.75, 3.05) is 26.2 Å². The van der Waals surface area contributed by atoms with Gasteiger partial charge in [-0.15, -0.1) is 0 Å². The quantitative estimate of drug-likeness (QED) is 0.724. The van der Waals surface area contributed by atoms with Crippen LogP contribution in [0.4, 0.5) is 4.39 Å². The van der Waals surface area contributed by atoms with Crippen LogP contribution in [0.5, 0.6) is 0 Å². The highest BCUT2D eigenvalue weighted by Gasteiger charge is 2.32. The van der Waals surface area contributed by atoms with E-state index in [9.17, 15) is 22.4 Å². The van der Waals surface area contributed by atoms with Gasteiger partial charge in [0, 0.05) is 43.7 Å². The molecule has 2 heterocycles. The van der Waals surface area contributed by atoms with Crippen LogP contribution in [0.1, 0.15) is 68.1 Å². The molecule has 32 heavy (non-hydrogen) atoms. The summed E-state index contributed by atoms with van der Waals surface area (Å²) in [4.78, 5) is 27.0. The predicted molar refractivity (Wildman–Crippen MR) is 118 cm³/mol. The van der Waals surface area contributed by atoms with Gasteiger partial charge in [-0.25, -0.2) is 12.8 Å². The van der Waals surface area contributed by atoms with Crippen molar-refractivity contribution >= 4 is 21.8 Å². The standard InChI is InChI=1S/C23H32FN3O4S/c24-20-9-8-18(16-21(20)32(30,31)27-12-4-5-13-27)22(28)25-19-10-14-26(15-11-19)23(29)17-6-2-1-3-7-17/h8-9,16-17,19H,1-7,10-15H2,(H,25,28). The third kappa shape index (κ3) is 4.98. The molecule has 7 nitrogen and oxygen atoms in total. The molecule has 0 aromatic heterocycles. The lowest BCUT2D eigenvalue weighted by Crippen LogP contribution is -2.48. The Morgan fingerprint density at radius 1 is 0.906 bits per heavy atom. The fraction of sp³-hybridized carbons (Fsp3) is 0.652. The van der Waals surface area contributed by atoms with E-state index in [1.807, 2.05) is 4.90 Å². The first-order valence-corrected chi connectivity index (χ1v) is 13.2. The maximum absolute atomic E-state index is 14.3. The molecule has 2 aliphatic heterocycles. The van der Waals surface area contributed by atoms with E-state index in [2.05, 4.69) is 5.32 Å². The zero-order chi connectivity index (χ0) is 22.7. The van der Waals surface area contributed by atoms with E-state index in [0.29, 0.717) is 39.0 Å². The predicted octanol–water partition coefficient (Wildman–Crippen LogP) is 2.91. The lowest BCUT2D eigenvalue weighted by atomic mass is 9.87. The van der Waals surface area contributed by atoms with Crippen molar-refractivity contribution in [3.8, 4) is 0 Å². The second-order valence-corrected chi connectivity index (χ2v) is 11.1. The van der Waals surface area contributed by atoms with Crippen molar-refractivity contribution < 1.29 is 22.4 Å². The maximum atomic E-state index is 14.3. The number of hydrogen-bond donors (Lipinski definition) is 1. The molecule has 1 aromatic rings. The first-order chi connectivity index (χ1) is 15.4. The number of hydrogen-bond acceptors (Lipinski definition) is 4. The zero-order valence-corrected chi connectivity index (χ0v) is 19.2. The van der Waals surface area contributed by atoms with Crippen LogP contribution in [0.25, 0.3) is 0 Å². The van der Waals surface area contributed by atoms with Gasteiger partial charge < -0.3 is 10.2 Å². The number of nitrogens with zero attached hydrogens (tertiary/aromatic N) is 2. The summed E-state index contributed by atoms with van der Waals surface area (Å²) in [6.45, 7) is 1.96. The minimum absolute atomic E-state index is 0.0957. The minimum atomic E-state index is -3.95. The Kier molecular flexibility index (Phi) is 7.14. The highest BCUT2D eigenvalue weighted by molar-refractivity contribution is 7.89. The second-order valence-electron chi connectivity index (χ2n) is 9.16. The molecular formula is C23H32FN3O4S. The van der Waals surface area contributed by atoms with Crippen molar-refractivity contribution in [1.82, 2.24) is 14.5 Å². The molecule has 0 atom stereocenters. The molecule has 1 aliphatic carbocycles. The molecule has 2 saturated heterocycles. The Morgan fingerprint density at radius 2 is 1.56 bits per heavy atom. The van der Waals surface area contributed by atoms with Crippen LogP contribution in [-0.2, 0) is 14.8 Å². The molecule has 0 unspecified atom stereocenters. The number of carbonyl (C=O) groups is 2. The Bertz CT molecular complexity index is 948. The Morgan fingerprint density at radius 3 is 2.22 bits per heavy atom. The monoisotopic (exact) mass is 465 g/mol. The summed E-state index contributed by atoms with van der Waals surface area (Å²) in [6, 6.07) is 3.40. The van der Waals surface area contributed by atoms with Crippen LogP contribution < -0.4 is 5.32 Å². The lowest BCUT2D eigenvalue weighted by Gasteiger charge is -2.35. The van der Waals surface area contributed by atoms with E-state index < -0.39 is 26.6 Å². The molecule has 3 fully saturated rings. The fourth-order valence-electron chi connectivity index (χ4n) is 5.03. The second kappa shape index (κ2) is 9.87. The molecule has 0 bridgehead atoms. The van der Waals surface area contributed by atoms with Crippen molar-refractivity contribution in [3.63, 3.8) is 0 Å². The molecule has 4 rings (SSSR count). The Hall–Kier alpha value is -2.00. The van der Waals surface area contributed by atoms with E-state index in [1.165, 1.54) is 16.8 Å². The van der Waals surface area contributed by atoms with Crippen molar-refractivity contribution in [2.45, 2.75) is 68.7 Å². The number of halogens is 1. The average Bonchev–Trinajstić information content (AvgIpc) is 3.36. The number of likely N-dealkylation sites (tertiary alicyclic amines) is 1. The number of nitrogens with one attached hydrogen (secondary N) is 1. The van der Waals surface area contributed by atoms with Gasteiger partial charge in [-0.2, -0.15) is 4.31 Å². The van der Waals surface area contributed by atoms with Crippen LogP contribution in [0.2, 0.25) is 0 Å². The smallest absolute Gasteiger partial charge is 0.251 e. The highest BCUT2D eigenvalue weighted by atomic mass is 32.2. The number of carbonyl (C=O) groups excluding carboxylic acids is 2. The van der Waals surface area contributed by atoms with Gasteiger partial charge >= 0.3 is 0 Å². The van der Waals surface area contributed by atoms with Crippen molar-refractivity contribution in [2.24, 2.45) is 5.92 Å². The van der Waals surface area contributed by atoms with Gasteiger partial charge in [-0.05, 0) is 56.7 Å². The molecular weight excluding hydrogens is 433 g/mol. The SMILES string of the molecule is O=C(NC1CCN(C(=O)C2CCCCC2)CC1)c1ccc(F)c(S(=O)(=O)N2CCCC2)c1. The number of piperidine rings is 1. The Balaban J connectivity index is 1.36. The first-order valence-electron chi connectivity index (χ1n) is 11.8. The molecule has 0 radical (unpaired) electrons. The van der Waals surface area contributed by atoms with Gasteiger partial charge in [-0.3, -0.25) is 9.59 Å². The maximum Gasteiger partial charge on any atom is 0.251 e. The number of amides is 2. The summed E-state index contributed by atoms with van der Waals surface area (Å²) < 4.78 is 41.1. The van der Waals surface area contributed by atoms with Gasteiger partial charge in [0.05, 0.1) is 0 Å². The summed E-state index contributed by atoms with van der Waals surface area (Å²) in [5.74, 6) is -0.877. The van der Waals surface area contributed by atoms with Gasteiger partial charge in [0.1, 0.15) is 10.7 Å². The van der Waals surface area contributed by atoms with Crippen LogP contribution in [-0.4, -0.2) is 61.7 Å². The van der Waals surface area contributed by atoms with E-state index >= 15 is 0 Å². The average molecular weight is 466 g/mol. The first kappa shape index (κ1) is 23.2. The molecule has 2 amide bonds. The number of benzene rings is 1. The minimum Gasteiger partial charge on any atom is -0.349 e. The number of sulfonamides is 1. The van der Waals surface area contributed by atoms with E-state index in [-0.39, 0.29) is 23.4 Å². The molecule has 3 aliphatic rings. The van der Waals surface area contributed by atoms with Gasteiger partial charge in [0.2, 0.25) is 15.9 Å². The molecule has 176 valence electrons. The van der Waals surface area contributed by atoms with Crippen molar-refractivity contribution in [1.29, 1.82) is 0 Å². The summed E-state index contributed by atoms with van der Waals surface area (Å²) in [5, 5.41) is 2.93. The van der Waals surface area contributed by atoms with E-state index in [0.717, 1.165) is 50.7 Å². The van der Waals surface area contributed by atoms with Crippen LogP contribution in [0, 0.1) is 11.7 Å². The molecule has 1 N–H and O–H groups in total. The van der Waals surface area contributed by atoms with E-state index in [1.54, 1.807) is 0 Å². The van der Waals surface area contributed by atoms with E-state index in [4.69, 9.17) is 0 Å². The summed E-state index contributed by atoms with van der Waals surface area (Å²) >= 11 is 0. The summed E-state index contributed by atoms with van der Waals surface area (Å²) in [5.41, 5.74) is 0.130. The summed E-state index contributed by atoms with van der Waals surface area (Å²) in [6.07, 6.45) is 8.22. The molecule has 9 heteroatoms. The third-order valence-corrected chi connectivity index (χ3v) is 8.89. The topological polar surface area (TPSA) is 86.8 Å². The van der Waals surface area contributed by atoms with Crippen LogP contribution in [0.3, 0.4) is 0 Å². The number of rotatable bonds is 5. The Labute approximate surface area is 189 Å². The fourth-order valence-corrected chi connectivity index (χ4v) is 6.64. The molecule has 1 aromatic carbocycles. The van der Waals surface area contributed by atoms with Crippen molar-refractivity contribution in [3.05, 3.63) is 29.6 Å².